The molecule has 2 nitrogen and oxygen atoms in total. The van der Waals surface area contributed by atoms with Gasteiger partial charge >= 0.3 is 0 Å². The Hall–Kier alpha value is -0.600. The Balaban J connectivity index is 2.64. The summed E-state index contributed by atoms with van der Waals surface area (Å²) in [6, 6.07) is 4.45. The molecule has 0 aromatic carbocycles. The van der Waals surface area contributed by atoms with Gasteiger partial charge in [0.2, 0.25) is 0 Å². The summed E-state index contributed by atoms with van der Waals surface area (Å²) in [4.78, 5) is 6.56. The first kappa shape index (κ1) is 13.5. The van der Waals surface area contributed by atoms with Gasteiger partial charge < -0.3 is 0 Å². The third-order valence-corrected chi connectivity index (χ3v) is 2.73. The number of pyridine rings is 1. The van der Waals surface area contributed by atoms with Crippen molar-refractivity contribution in [3.8, 4) is 0 Å². The first-order chi connectivity index (χ1) is 7.49. The van der Waals surface area contributed by atoms with Crippen molar-refractivity contribution in [2.75, 3.05) is 6.54 Å². The van der Waals surface area contributed by atoms with Crippen molar-refractivity contribution >= 4 is 11.6 Å². The van der Waals surface area contributed by atoms with Crippen LogP contribution in [0.2, 0.25) is 5.15 Å². The normalized spacial score (nSPS) is 11.8. The van der Waals surface area contributed by atoms with E-state index < -0.39 is 0 Å². The molecule has 0 atom stereocenters. The van der Waals surface area contributed by atoms with Crippen LogP contribution in [0.5, 0.6) is 0 Å². The molecule has 1 rings (SSSR count). The molecular weight excluding hydrogens is 220 g/mol. The predicted molar refractivity (Wildman–Crippen MR) is 69.6 cm³/mol. The van der Waals surface area contributed by atoms with Crippen molar-refractivity contribution in [1.82, 2.24) is 9.88 Å². The van der Waals surface area contributed by atoms with E-state index in [9.17, 15) is 0 Å². The third kappa shape index (κ3) is 4.50. The summed E-state index contributed by atoms with van der Waals surface area (Å²) in [6.45, 7) is 11.0. The molecule has 1 aromatic rings. The second-order valence-corrected chi connectivity index (χ2v) is 5.29. The Labute approximate surface area is 104 Å². The molecule has 0 saturated carbocycles. The van der Waals surface area contributed by atoms with E-state index in [4.69, 9.17) is 11.6 Å². The highest BCUT2D eigenvalue weighted by Crippen LogP contribution is 2.12. The zero-order valence-electron chi connectivity index (χ0n) is 10.6. The molecule has 0 aliphatic heterocycles. The lowest BCUT2D eigenvalue weighted by Crippen LogP contribution is -2.33. The van der Waals surface area contributed by atoms with Gasteiger partial charge in [-0.1, -0.05) is 31.5 Å². The fraction of sp³-hybridized carbons (Fsp3) is 0.615. The van der Waals surface area contributed by atoms with Gasteiger partial charge in [0, 0.05) is 25.3 Å². The zero-order chi connectivity index (χ0) is 12.1. The Kier molecular flexibility index (Phi) is 5.23. The molecule has 0 N–H and O–H groups in total. The maximum atomic E-state index is 5.77. The van der Waals surface area contributed by atoms with E-state index in [-0.39, 0.29) is 0 Å². The highest BCUT2D eigenvalue weighted by Gasteiger charge is 2.11. The predicted octanol–water partition coefficient (Wildman–Crippen LogP) is 3.60. The Morgan fingerprint density at radius 2 is 1.94 bits per heavy atom. The van der Waals surface area contributed by atoms with Crippen LogP contribution in [0.25, 0.3) is 0 Å². The lowest BCUT2D eigenvalue weighted by molar-refractivity contribution is 0.189. The van der Waals surface area contributed by atoms with E-state index >= 15 is 0 Å². The van der Waals surface area contributed by atoms with Gasteiger partial charge in [-0.15, -0.1) is 0 Å². The van der Waals surface area contributed by atoms with Crippen LogP contribution in [0.1, 0.15) is 33.3 Å². The van der Waals surface area contributed by atoms with Gasteiger partial charge in [-0.3, -0.25) is 4.90 Å². The van der Waals surface area contributed by atoms with E-state index in [0.717, 1.165) is 13.1 Å². The number of hydrogen-bond acceptors (Lipinski definition) is 2. The third-order valence-electron chi connectivity index (χ3n) is 2.50. The summed E-state index contributed by atoms with van der Waals surface area (Å²) in [5.41, 5.74) is 1.22. The van der Waals surface area contributed by atoms with Crippen molar-refractivity contribution in [3.63, 3.8) is 0 Å². The fourth-order valence-electron chi connectivity index (χ4n) is 1.66. The van der Waals surface area contributed by atoms with E-state index in [1.165, 1.54) is 5.56 Å². The van der Waals surface area contributed by atoms with E-state index in [2.05, 4.69) is 37.6 Å². The van der Waals surface area contributed by atoms with Gasteiger partial charge in [-0.05, 0) is 31.4 Å². The Bertz CT molecular complexity index is 306. The molecule has 0 aliphatic rings. The van der Waals surface area contributed by atoms with Crippen molar-refractivity contribution in [2.45, 2.75) is 40.3 Å². The topological polar surface area (TPSA) is 16.1 Å². The highest BCUT2D eigenvalue weighted by atomic mass is 35.5. The largest absolute Gasteiger partial charge is 0.296 e. The van der Waals surface area contributed by atoms with Gasteiger partial charge in [0.05, 0.1) is 0 Å². The molecule has 0 unspecified atom stereocenters. The van der Waals surface area contributed by atoms with Crippen LogP contribution in [0.4, 0.5) is 0 Å². The summed E-state index contributed by atoms with van der Waals surface area (Å²) >= 11 is 5.77. The molecule has 90 valence electrons. The Morgan fingerprint density at radius 3 is 2.38 bits per heavy atom. The molecule has 0 spiro atoms. The first-order valence-corrected chi connectivity index (χ1v) is 6.21. The standard InChI is InChI=1S/C13H21ClN2/c1-10(2)8-16(11(3)4)9-12-5-6-13(14)15-7-12/h5-7,10-11H,8-9H2,1-4H3. The monoisotopic (exact) mass is 240 g/mol. The number of aromatic nitrogens is 1. The molecule has 0 saturated heterocycles. The van der Waals surface area contributed by atoms with Crippen LogP contribution in [0, 0.1) is 5.92 Å². The summed E-state index contributed by atoms with van der Waals surface area (Å²) in [5, 5.41) is 0.559. The maximum Gasteiger partial charge on any atom is 0.129 e. The van der Waals surface area contributed by atoms with Crippen LogP contribution >= 0.6 is 11.6 Å². The smallest absolute Gasteiger partial charge is 0.129 e. The van der Waals surface area contributed by atoms with Crippen molar-refractivity contribution in [2.24, 2.45) is 5.92 Å². The van der Waals surface area contributed by atoms with Gasteiger partial charge in [-0.2, -0.15) is 0 Å². The summed E-state index contributed by atoms with van der Waals surface area (Å²) in [7, 11) is 0. The minimum Gasteiger partial charge on any atom is -0.296 e. The van der Waals surface area contributed by atoms with Gasteiger partial charge in [-0.25, -0.2) is 4.98 Å². The summed E-state index contributed by atoms with van der Waals surface area (Å²) < 4.78 is 0. The molecular formula is C13H21ClN2. The first-order valence-electron chi connectivity index (χ1n) is 5.83. The van der Waals surface area contributed by atoms with Crippen molar-refractivity contribution in [3.05, 3.63) is 29.0 Å². The number of halogens is 1. The van der Waals surface area contributed by atoms with E-state index in [1.54, 1.807) is 0 Å². The van der Waals surface area contributed by atoms with Crippen molar-refractivity contribution < 1.29 is 0 Å². The average molecular weight is 241 g/mol. The molecule has 16 heavy (non-hydrogen) atoms. The second kappa shape index (κ2) is 6.21. The molecule has 0 radical (unpaired) electrons. The van der Waals surface area contributed by atoms with Crippen LogP contribution < -0.4 is 0 Å². The molecule has 0 fully saturated rings. The zero-order valence-corrected chi connectivity index (χ0v) is 11.3. The highest BCUT2D eigenvalue weighted by molar-refractivity contribution is 6.29. The summed E-state index contributed by atoms with van der Waals surface area (Å²) in [5.74, 6) is 0.683. The SMILES string of the molecule is CC(C)CN(Cc1ccc(Cl)nc1)C(C)C. The minimum atomic E-state index is 0.554. The molecule has 0 amide bonds. The fourth-order valence-corrected chi connectivity index (χ4v) is 1.77. The molecule has 0 aliphatic carbocycles. The van der Waals surface area contributed by atoms with Gasteiger partial charge in [0.1, 0.15) is 5.15 Å². The van der Waals surface area contributed by atoms with Crippen LogP contribution in [-0.2, 0) is 6.54 Å². The van der Waals surface area contributed by atoms with E-state index in [0.29, 0.717) is 17.1 Å². The van der Waals surface area contributed by atoms with Gasteiger partial charge in [0.25, 0.3) is 0 Å². The lowest BCUT2D eigenvalue weighted by atomic mass is 10.1. The number of rotatable bonds is 5. The van der Waals surface area contributed by atoms with Crippen molar-refractivity contribution in [1.29, 1.82) is 0 Å². The molecule has 1 aromatic heterocycles. The minimum absolute atomic E-state index is 0.554. The number of nitrogens with zero attached hydrogens (tertiary/aromatic N) is 2. The Morgan fingerprint density at radius 1 is 1.25 bits per heavy atom. The summed E-state index contributed by atoms with van der Waals surface area (Å²) in [6.07, 6.45) is 1.86. The van der Waals surface area contributed by atoms with E-state index in [1.807, 2.05) is 18.3 Å². The molecule has 1 heterocycles. The maximum absolute atomic E-state index is 5.77. The van der Waals surface area contributed by atoms with Crippen LogP contribution in [0.15, 0.2) is 18.3 Å². The second-order valence-electron chi connectivity index (χ2n) is 4.91. The quantitative estimate of drug-likeness (QED) is 0.731. The van der Waals surface area contributed by atoms with Crippen LogP contribution in [0.3, 0.4) is 0 Å². The molecule has 0 bridgehead atoms. The molecule has 3 heteroatoms. The van der Waals surface area contributed by atoms with Crippen LogP contribution in [-0.4, -0.2) is 22.5 Å². The lowest BCUT2D eigenvalue weighted by Gasteiger charge is -2.28. The number of hydrogen-bond donors (Lipinski definition) is 0. The average Bonchev–Trinajstić information content (AvgIpc) is 2.19. The van der Waals surface area contributed by atoms with Gasteiger partial charge in [0.15, 0.2) is 0 Å².